The zero-order valence-corrected chi connectivity index (χ0v) is 8.23. The summed E-state index contributed by atoms with van der Waals surface area (Å²) >= 11 is 0. The molecule has 1 saturated carbocycles. The summed E-state index contributed by atoms with van der Waals surface area (Å²) in [5.74, 6) is 0. The Kier molecular flexibility index (Phi) is 6.42. The zero-order chi connectivity index (χ0) is 8.49. The second-order valence-corrected chi connectivity index (χ2v) is 3.87. The molecule has 0 N–H and O–H groups in total. The third-order valence-corrected chi connectivity index (χ3v) is 2.65. The molecule has 1 aliphatic carbocycles. The Hall–Kier alpha value is 0. The molecule has 1 aliphatic rings. The average Bonchev–Trinajstić information content (AvgIpc) is 2.05. The smallest absolute Gasteiger partial charge is 0.0383 e. The van der Waals surface area contributed by atoms with Crippen LogP contribution in [0.2, 0.25) is 0 Å². The van der Waals surface area contributed by atoms with Crippen molar-refractivity contribution in [2.24, 2.45) is 0 Å². The summed E-state index contributed by atoms with van der Waals surface area (Å²) in [6.07, 6.45) is 19.0. The minimum Gasteiger partial charge on any atom is -0.0533 e. The highest BCUT2D eigenvalue weighted by atomic mass is 14.0. The highest BCUT2D eigenvalue weighted by Crippen LogP contribution is 2.14. The lowest BCUT2D eigenvalue weighted by atomic mass is 10.0. The first-order chi connectivity index (χ1) is 6.00. The Balaban J connectivity index is 2.00. The zero-order valence-electron chi connectivity index (χ0n) is 8.23. The summed E-state index contributed by atoms with van der Waals surface area (Å²) in [5.41, 5.74) is 0. The van der Waals surface area contributed by atoms with Gasteiger partial charge in [-0.05, 0) is 19.3 Å². The van der Waals surface area contributed by atoms with Crippen LogP contribution in [0.1, 0.15) is 64.2 Å². The van der Waals surface area contributed by atoms with E-state index < -0.39 is 0 Å². The molecule has 12 heavy (non-hydrogen) atoms. The minimum absolute atomic E-state index is 1.25. The van der Waals surface area contributed by atoms with Gasteiger partial charge in [0.1, 0.15) is 0 Å². The number of hydrogen-bond acceptors (Lipinski definition) is 0. The van der Waals surface area contributed by atoms with Gasteiger partial charge < -0.3 is 0 Å². The SMILES string of the molecule is [CH]1C[CH]CCCCCCCCC1. The fourth-order valence-electron chi connectivity index (χ4n) is 1.81. The van der Waals surface area contributed by atoms with Crippen molar-refractivity contribution in [1.82, 2.24) is 0 Å². The van der Waals surface area contributed by atoms with Gasteiger partial charge in [0.25, 0.3) is 0 Å². The van der Waals surface area contributed by atoms with Crippen LogP contribution in [0.15, 0.2) is 0 Å². The Morgan fingerprint density at radius 1 is 0.500 bits per heavy atom. The van der Waals surface area contributed by atoms with Gasteiger partial charge in [0.15, 0.2) is 0 Å². The molecule has 0 nitrogen and oxygen atoms in total. The maximum atomic E-state index is 2.45. The molecule has 0 heteroatoms. The van der Waals surface area contributed by atoms with Crippen molar-refractivity contribution in [3.63, 3.8) is 0 Å². The first-order valence-corrected chi connectivity index (χ1v) is 5.63. The van der Waals surface area contributed by atoms with E-state index in [9.17, 15) is 0 Å². The van der Waals surface area contributed by atoms with E-state index in [2.05, 4.69) is 12.8 Å². The molecule has 0 aromatic carbocycles. The van der Waals surface area contributed by atoms with Gasteiger partial charge in [0.2, 0.25) is 0 Å². The fourth-order valence-corrected chi connectivity index (χ4v) is 1.81. The van der Waals surface area contributed by atoms with Crippen LogP contribution in [0.4, 0.5) is 0 Å². The molecule has 0 saturated heterocycles. The molecule has 0 aromatic rings. The van der Waals surface area contributed by atoms with Gasteiger partial charge in [0, 0.05) is 0 Å². The largest absolute Gasteiger partial charge is 0.0533 e. The van der Waals surface area contributed by atoms with Crippen LogP contribution >= 0.6 is 0 Å². The molecular formula is C12H22. The molecule has 0 bridgehead atoms. The lowest BCUT2D eigenvalue weighted by Crippen LogP contribution is -1.87. The summed E-state index contributed by atoms with van der Waals surface area (Å²) in [7, 11) is 0. The first-order valence-electron chi connectivity index (χ1n) is 5.63. The molecule has 2 radical (unpaired) electrons. The van der Waals surface area contributed by atoms with Crippen LogP contribution in [-0.4, -0.2) is 0 Å². The Morgan fingerprint density at radius 2 is 0.917 bits per heavy atom. The highest BCUT2D eigenvalue weighted by molar-refractivity contribution is 4.76. The number of hydrogen-bond donors (Lipinski definition) is 0. The molecule has 0 heterocycles. The van der Waals surface area contributed by atoms with Crippen molar-refractivity contribution in [3.05, 3.63) is 12.8 Å². The van der Waals surface area contributed by atoms with Gasteiger partial charge in [0.05, 0.1) is 0 Å². The van der Waals surface area contributed by atoms with Crippen molar-refractivity contribution >= 4 is 0 Å². The molecular weight excluding hydrogens is 144 g/mol. The molecule has 0 atom stereocenters. The molecule has 0 aromatic heterocycles. The lowest BCUT2D eigenvalue weighted by Gasteiger charge is -2.05. The second kappa shape index (κ2) is 7.64. The third-order valence-electron chi connectivity index (χ3n) is 2.65. The number of rotatable bonds is 0. The standard InChI is InChI=1S/C12H22/c1-2-4-6-8-10-12-11-9-7-5-3-1/h1,4H,2-3,5-12H2. The predicted molar refractivity (Wildman–Crippen MR) is 54.8 cm³/mol. The highest BCUT2D eigenvalue weighted by Gasteiger charge is 1.96. The maximum Gasteiger partial charge on any atom is -0.0383 e. The summed E-state index contributed by atoms with van der Waals surface area (Å²) in [5, 5.41) is 0. The topological polar surface area (TPSA) is 0 Å². The molecule has 1 rings (SSSR count). The molecule has 0 aliphatic heterocycles. The van der Waals surface area contributed by atoms with Gasteiger partial charge in [-0.3, -0.25) is 0 Å². The van der Waals surface area contributed by atoms with Crippen LogP contribution in [0.3, 0.4) is 0 Å². The normalized spacial score (nSPS) is 24.0. The van der Waals surface area contributed by atoms with Crippen molar-refractivity contribution in [3.8, 4) is 0 Å². The van der Waals surface area contributed by atoms with Gasteiger partial charge in [-0.25, -0.2) is 0 Å². The molecule has 70 valence electrons. The monoisotopic (exact) mass is 166 g/mol. The van der Waals surface area contributed by atoms with Crippen LogP contribution in [0.5, 0.6) is 0 Å². The van der Waals surface area contributed by atoms with E-state index >= 15 is 0 Å². The summed E-state index contributed by atoms with van der Waals surface area (Å²) in [4.78, 5) is 0. The lowest BCUT2D eigenvalue weighted by molar-refractivity contribution is 0.564. The van der Waals surface area contributed by atoms with E-state index in [1.54, 1.807) is 0 Å². The average molecular weight is 166 g/mol. The van der Waals surface area contributed by atoms with Crippen molar-refractivity contribution in [2.75, 3.05) is 0 Å². The van der Waals surface area contributed by atoms with E-state index in [4.69, 9.17) is 0 Å². The van der Waals surface area contributed by atoms with E-state index in [1.165, 1.54) is 64.2 Å². The van der Waals surface area contributed by atoms with E-state index in [0.717, 1.165) is 0 Å². The Morgan fingerprint density at radius 3 is 1.42 bits per heavy atom. The van der Waals surface area contributed by atoms with Gasteiger partial charge in [-0.2, -0.15) is 0 Å². The molecule has 0 amide bonds. The van der Waals surface area contributed by atoms with Crippen LogP contribution in [0.25, 0.3) is 0 Å². The van der Waals surface area contributed by atoms with Gasteiger partial charge >= 0.3 is 0 Å². The summed E-state index contributed by atoms with van der Waals surface area (Å²) in [6, 6.07) is 0. The van der Waals surface area contributed by atoms with Crippen LogP contribution < -0.4 is 0 Å². The van der Waals surface area contributed by atoms with Crippen LogP contribution in [-0.2, 0) is 0 Å². The van der Waals surface area contributed by atoms with E-state index in [1.807, 2.05) is 0 Å². The van der Waals surface area contributed by atoms with Crippen molar-refractivity contribution in [2.45, 2.75) is 64.2 Å². The van der Waals surface area contributed by atoms with Gasteiger partial charge in [-0.15, -0.1) is 0 Å². The first kappa shape index (κ1) is 10.1. The quantitative estimate of drug-likeness (QED) is 0.503. The molecule has 1 fully saturated rings. The second-order valence-electron chi connectivity index (χ2n) is 3.87. The molecule has 0 unspecified atom stereocenters. The summed E-state index contributed by atoms with van der Waals surface area (Å²) < 4.78 is 0. The maximum absolute atomic E-state index is 2.45. The van der Waals surface area contributed by atoms with Crippen molar-refractivity contribution in [1.29, 1.82) is 0 Å². The Bertz CT molecular complexity index is 43.0. The molecule has 0 spiro atoms. The fraction of sp³-hybridized carbons (Fsp3) is 0.833. The summed E-state index contributed by atoms with van der Waals surface area (Å²) in [6.45, 7) is 0. The van der Waals surface area contributed by atoms with Crippen molar-refractivity contribution < 1.29 is 0 Å². The van der Waals surface area contributed by atoms with E-state index in [-0.39, 0.29) is 0 Å². The third kappa shape index (κ3) is 5.62. The van der Waals surface area contributed by atoms with Crippen LogP contribution in [0, 0.1) is 12.8 Å². The predicted octanol–water partition coefficient (Wildman–Crippen LogP) is 4.31. The van der Waals surface area contributed by atoms with Gasteiger partial charge in [-0.1, -0.05) is 57.8 Å². The minimum atomic E-state index is 1.25. The van der Waals surface area contributed by atoms with E-state index in [0.29, 0.717) is 0 Å². The Labute approximate surface area is 77.7 Å².